The van der Waals surface area contributed by atoms with Crippen LogP contribution >= 0.6 is 28.1 Å². The highest BCUT2D eigenvalue weighted by Gasteiger charge is 2.16. The van der Waals surface area contributed by atoms with Gasteiger partial charge in [-0.05, 0) is 77.9 Å². The summed E-state index contributed by atoms with van der Waals surface area (Å²) in [6.45, 7) is 3.71. The number of sulfonamides is 1. The summed E-state index contributed by atoms with van der Waals surface area (Å²) in [4.78, 5) is 12.4. The molecule has 6 nitrogen and oxygen atoms in total. The largest absolute Gasteiger partial charge is 0.332 e. The van der Waals surface area contributed by atoms with Crippen molar-refractivity contribution in [2.24, 2.45) is 0 Å². The van der Waals surface area contributed by atoms with Gasteiger partial charge in [0.25, 0.3) is 5.91 Å². The number of rotatable bonds is 6. The first kappa shape index (κ1) is 21.5. The van der Waals surface area contributed by atoms with Crippen molar-refractivity contribution in [1.29, 1.82) is 0 Å². The Labute approximate surface area is 172 Å². The van der Waals surface area contributed by atoms with Crippen LogP contribution in [0.3, 0.4) is 0 Å². The number of benzene rings is 2. The molecule has 0 aromatic heterocycles. The van der Waals surface area contributed by atoms with Crippen LogP contribution in [-0.4, -0.2) is 25.5 Å². The zero-order valence-corrected chi connectivity index (χ0v) is 18.0. The second-order valence-electron chi connectivity index (χ2n) is 5.84. The van der Waals surface area contributed by atoms with Gasteiger partial charge in [0.05, 0.1) is 10.5 Å². The van der Waals surface area contributed by atoms with E-state index in [0.717, 1.165) is 0 Å². The van der Waals surface area contributed by atoms with E-state index < -0.39 is 10.0 Å². The van der Waals surface area contributed by atoms with Crippen LogP contribution in [0.5, 0.6) is 0 Å². The summed E-state index contributed by atoms with van der Waals surface area (Å²) in [5.74, 6) is -0.350. The Morgan fingerprint density at radius 3 is 2.37 bits per heavy atom. The molecule has 2 aromatic carbocycles. The Bertz CT molecular complexity index is 931. The number of carbonyl (C=O) groups is 1. The minimum atomic E-state index is -3.56. The van der Waals surface area contributed by atoms with Gasteiger partial charge < -0.3 is 5.32 Å². The topological polar surface area (TPSA) is 87.3 Å². The first-order chi connectivity index (χ1) is 12.7. The lowest BCUT2D eigenvalue weighted by molar-refractivity contribution is 0.0977. The van der Waals surface area contributed by atoms with Crippen molar-refractivity contribution in [2.45, 2.75) is 31.2 Å². The fourth-order valence-electron chi connectivity index (χ4n) is 2.11. The Morgan fingerprint density at radius 1 is 1.15 bits per heavy atom. The van der Waals surface area contributed by atoms with Crippen molar-refractivity contribution < 1.29 is 13.2 Å². The first-order valence-corrected chi connectivity index (χ1v) is 10.9. The number of anilines is 1. The molecule has 2 rings (SSSR count). The number of hydrogen-bond donors (Lipinski definition) is 3. The molecule has 144 valence electrons. The highest BCUT2D eigenvalue weighted by atomic mass is 79.9. The van der Waals surface area contributed by atoms with Crippen LogP contribution < -0.4 is 15.4 Å². The fourth-order valence-corrected chi connectivity index (χ4v) is 4.11. The number of carbonyl (C=O) groups excluding carboxylic acids is 1. The molecular formula is C18H20BrN3O3S2. The lowest BCUT2D eigenvalue weighted by atomic mass is 10.2. The normalized spacial score (nSPS) is 12.3. The monoisotopic (exact) mass is 469 g/mol. The minimum absolute atomic E-state index is 0.115. The molecule has 2 aromatic rings. The van der Waals surface area contributed by atoms with Gasteiger partial charge >= 0.3 is 0 Å². The summed E-state index contributed by atoms with van der Waals surface area (Å²) in [7, 11) is -3.56. The van der Waals surface area contributed by atoms with Crippen molar-refractivity contribution in [2.75, 3.05) is 5.32 Å². The van der Waals surface area contributed by atoms with E-state index in [1.54, 1.807) is 37.3 Å². The van der Waals surface area contributed by atoms with Gasteiger partial charge in [-0.25, -0.2) is 13.1 Å². The third-order valence-electron chi connectivity index (χ3n) is 3.74. The number of thiocarbonyl (C=S) groups is 1. The molecule has 0 saturated heterocycles. The molecule has 1 unspecified atom stereocenters. The van der Waals surface area contributed by atoms with Crippen LogP contribution in [0.25, 0.3) is 0 Å². The zero-order chi connectivity index (χ0) is 20.0. The van der Waals surface area contributed by atoms with Gasteiger partial charge in [-0.1, -0.05) is 19.1 Å². The third kappa shape index (κ3) is 6.10. The van der Waals surface area contributed by atoms with Gasteiger partial charge in [0, 0.05) is 16.2 Å². The van der Waals surface area contributed by atoms with E-state index in [0.29, 0.717) is 22.1 Å². The van der Waals surface area contributed by atoms with Crippen molar-refractivity contribution in [3.63, 3.8) is 0 Å². The lowest BCUT2D eigenvalue weighted by Gasteiger charge is -2.13. The van der Waals surface area contributed by atoms with Crippen LogP contribution in [0.2, 0.25) is 0 Å². The molecule has 0 radical (unpaired) electrons. The van der Waals surface area contributed by atoms with E-state index in [2.05, 4.69) is 31.3 Å². The molecule has 0 spiro atoms. The van der Waals surface area contributed by atoms with E-state index in [4.69, 9.17) is 12.2 Å². The average Bonchev–Trinajstić information content (AvgIpc) is 2.61. The maximum Gasteiger partial charge on any atom is 0.258 e. The summed E-state index contributed by atoms with van der Waals surface area (Å²) in [5, 5.41) is 5.56. The molecule has 0 aliphatic rings. The molecular weight excluding hydrogens is 450 g/mol. The van der Waals surface area contributed by atoms with Crippen molar-refractivity contribution in [3.05, 3.63) is 58.6 Å². The molecule has 0 fully saturated rings. The number of hydrogen-bond acceptors (Lipinski definition) is 4. The first-order valence-electron chi connectivity index (χ1n) is 8.22. The van der Waals surface area contributed by atoms with Crippen LogP contribution in [0, 0.1) is 0 Å². The van der Waals surface area contributed by atoms with Gasteiger partial charge in [0.1, 0.15) is 0 Å². The van der Waals surface area contributed by atoms with Crippen LogP contribution in [0.15, 0.2) is 57.9 Å². The van der Waals surface area contributed by atoms with Gasteiger partial charge in [0.2, 0.25) is 10.0 Å². The number of halogens is 1. The maximum atomic E-state index is 12.3. The lowest BCUT2D eigenvalue weighted by Crippen LogP contribution is -2.34. The number of amides is 1. The quantitative estimate of drug-likeness (QED) is 0.561. The van der Waals surface area contributed by atoms with Gasteiger partial charge in [-0.2, -0.15) is 0 Å². The van der Waals surface area contributed by atoms with E-state index in [-0.39, 0.29) is 22.0 Å². The van der Waals surface area contributed by atoms with E-state index in [1.807, 2.05) is 13.0 Å². The smallest absolute Gasteiger partial charge is 0.258 e. The Morgan fingerprint density at radius 2 is 1.78 bits per heavy atom. The SMILES string of the molecule is CCC(C)NS(=O)(=O)c1ccc(NC(=S)NC(=O)c2ccccc2Br)cc1. The molecule has 27 heavy (non-hydrogen) atoms. The van der Waals surface area contributed by atoms with Crippen LogP contribution in [0.1, 0.15) is 30.6 Å². The summed E-state index contributed by atoms with van der Waals surface area (Å²) in [5.41, 5.74) is 1.02. The second-order valence-corrected chi connectivity index (χ2v) is 8.82. The van der Waals surface area contributed by atoms with Gasteiger partial charge in [0.15, 0.2) is 5.11 Å². The van der Waals surface area contributed by atoms with E-state index in [1.165, 1.54) is 12.1 Å². The predicted molar refractivity (Wildman–Crippen MR) is 114 cm³/mol. The molecule has 9 heteroatoms. The Kier molecular flexibility index (Phi) is 7.49. The molecule has 1 atom stereocenters. The summed E-state index contributed by atoms with van der Waals surface area (Å²) >= 11 is 8.46. The minimum Gasteiger partial charge on any atom is -0.332 e. The zero-order valence-electron chi connectivity index (χ0n) is 14.8. The van der Waals surface area contributed by atoms with Crippen LogP contribution in [0.4, 0.5) is 5.69 Å². The van der Waals surface area contributed by atoms with Crippen molar-refractivity contribution in [1.82, 2.24) is 10.0 Å². The highest BCUT2D eigenvalue weighted by Crippen LogP contribution is 2.17. The van der Waals surface area contributed by atoms with Crippen molar-refractivity contribution in [3.8, 4) is 0 Å². The van der Waals surface area contributed by atoms with Crippen molar-refractivity contribution >= 4 is 54.9 Å². The van der Waals surface area contributed by atoms with E-state index >= 15 is 0 Å². The highest BCUT2D eigenvalue weighted by molar-refractivity contribution is 9.10. The summed E-state index contributed by atoms with van der Waals surface area (Å²) in [6.07, 6.45) is 0.699. The Hall–Kier alpha value is -1.81. The molecule has 3 N–H and O–H groups in total. The van der Waals surface area contributed by atoms with Gasteiger partial charge in [-0.3, -0.25) is 10.1 Å². The molecule has 0 aliphatic carbocycles. The van der Waals surface area contributed by atoms with Crippen LogP contribution in [-0.2, 0) is 10.0 Å². The fraction of sp³-hybridized carbons (Fsp3) is 0.222. The average molecular weight is 470 g/mol. The molecule has 0 bridgehead atoms. The maximum absolute atomic E-state index is 12.3. The molecule has 1 amide bonds. The second kappa shape index (κ2) is 9.41. The Balaban J connectivity index is 2.01. The standard InChI is InChI=1S/C18H20BrN3O3S2/c1-3-12(2)22-27(24,25)14-10-8-13(9-11-14)20-18(26)21-17(23)15-6-4-5-7-16(15)19/h4-12,22H,3H2,1-2H3,(H2,20,21,23,26). The molecule has 0 aliphatic heterocycles. The predicted octanol–water partition coefficient (Wildman–Crippen LogP) is 3.65. The summed E-state index contributed by atoms with van der Waals surface area (Å²) in [6, 6.07) is 13.0. The molecule has 0 saturated carbocycles. The molecule has 0 heterocycles. The van der Waals surface area contributed by atoms with E-state index in [9.17, 15) is 13.2 Å². The summed E-state index contributed by atoms with van der Waals surface area (Å²) < 4.78 is 27.8. The van der Waals surface area contributed by atoms with Gasteiger partial charge in [-0.15, -0.1) is 0 Å². The third-order valence-corrected chi connectivity index (χ3v) is 6.24. The number of nitrogens with one attached hydrogen (secondary N) is 3.